The first kappa shape index (κ1) is 12.4. The molecular weight excluding hydrogens is 256 g/mol. The molecule has 100 valence electrons. The van der Waals surface area contributed by atoms with Gasteiger partial charge in [-0.1, -0.05) is 42.5 Å². The average molecular weight is 268 g/mol. The van der Waals surface area contributed by atoms with Crippen LogP contribution in [0.3, 0.4) is 0 Å². The molecule has 0 fully saturated rings. The van der Waals surface area contributed by atoms with Crippen LogP contribution in [0, 0.1) is 0 Å². The van der Waals surface area contributed by atoms with Gasteiger partial charge in [-0.15, -0.1) is 0 Å². The van der Waals surface area contributed by atoms with E-state index in [1.54, 1.807) is 54.6 Å². The van der Waals surface area contributed by atoms with Gasteiger partial charge in [-0.25, -0.2) is 4.79 Å². The number of carbonyl (C=O) groups excluding carboxylic acids is 1. The summed E-state index contributed by atoms with van der Waals surface area (Å²) in [5.41, 5.74) is -0.747. The number of hydrogen-bond acceptors (Lipinski definition) is 3. The van der Waals surface area contributed by atoms with Gasteiger partial charge < -0.3 is 9.84 Å². The van der Waals surface area contributed by atoms with Crippen molar-refractivity contribution >= 4 is 11.8 Å². The smallest absolute Gasteiger partial charge is 0.353 e. The van der Waals surface area contributed by atoms with Gasteiger partial charge in [-0.3, -0.25) is 4.79 Å². The fourth-order valence-electron chi connectivity index (χ4n) is 2.44. The standard InChI is InChI=1S/C16H12O4/c17-13-10-16(15(18)19,11-6-2-1-3-7-11)20-14-9-5-4-8-12(13)14/h1-9H,10H2,(H,18,19). The number of carboxylic acid groups (broad SMARTS) is 1. The van der Waals surface area contributed by atoms with Crippen LogP contribution < -0.4 is 4.74 Å². The zero-order chi connectivity index (χ0) is 14.2. The highest BCUT2D eigenvalue weighted by molar-refractivity contribution is 6.03. The van der Waals surface area contributed by atoms with Gasteiger partial charge in [-0.2, -0.15) is 0 Å². The van der Waals surface area contributed by atoms with Gasteiger partial charge in [0.15, 0.2) is 5.78 Å². The molecule has 2 aromatic carbocycles. The first-order valence-electron chi connectivity index (χ1n) is 6.24. The third-order valence-electron chi connectivity index (χ3n) is 3.47. The highest BCUT2D eigenvalue weighted by atomic mass is 16.5. The van der Waals surface area contributed by atoms with E-state index in [1.165, 1.54) is 0 Å². The van der Waals surface area contributed by atoms with Crippen LogP contribution in [0.15, 0.2) is 54.6 Å². The van der Waals surface area contributed by atoms with Gasteiger partial charge in [0.25, 0.3) is 0 Å². The van der Waals surface area contributed by atoms with Crippen molar-refractivity contribution < 1.29 is 19.4 Å². The van der Waals surface area contributed by atoms with E-state index >= 15 is 0 Å². The molecule has 0 radical (unpaired) electrons. The summed E-state index contributed by atoms with van der Waals surface area (Å²) in [6.45, 7) is 0. The minimum Gasteiger partial charge on any atom is -0.478 e. The highest BCUT2D eigenvalue weighted by Crippen LogP contribution is 2.39. The Balaban J connectivity index is 2.16. The normalized spacial score (nSPS) is 20.9. The van der Waals surface area contributed by atoms with Crippen molar-refractivity contribution in [3.8, 4) is 5.75 Å². The van der Waals surface area contributed by atoms with E-state index in [0.29, 0.717) is 16.9 Å². The number of carboxylic acids is 1. The van der Waals surface area contributed by atoms with Gasteiger partial charge in [0.1, 0.15) is 5.75 Å². The minimum atomic E-state index is -1.65. The predicted octanol–water partition coefficient (Wildman–Crippen LogP) is 2.63. The van der Waals surface area contributed by atoms with Crippen molar-refractivity contribution in [1.29, 1.82) is 0 Å². The van der Waals surface area contributed by atoms with Crippen LogP contribution in [0.4, 0.5) is 0 Å². The molecule has 0 amide bonds. The van der Waals surface area contributed by atoms with Gasteiger partial charge in [0.05, 0.1) is 12.0 Å². The number of Topliss-reactive ketones (excluding diaryl/α,β-unsaturated/α-hetero) is 1. The molecule has 1 unspecified atom stereocenters. The number of hydrogen-bond donors (Lipinski definition) is 1. The minimum absolute atomic E-state index is 0.205. The lowest BCUT2D eigenvalue weighted by molar-refractivity contribution is -0.156. The summed E-state index contributed by atoms with van der Waals surface area (Å²) >= 11 is 0. The second kappa shape index (κ2) is 4.49. The number of fused-ring (bicyclic) bond motifs is 1. The number of rotatable bonds is 2. The molecule has 2 aromatic rings. The lowest BCUT2D eigenvalue weighted by Gasteiger charge is -2.34. The quantitative estimate of drug-likeness (QED) is 0.909. The van der Waals surface area contributed by atoms with Crippen LogP contribution in [0.25, 0.3) is 0 Å². The molecular formula is C16H12O4. The molecule has 0 saturated heterocycles. The Kier molecular flexibility index (Phi) is 2.79. The molecule has 20 heavy (non-hydrogen) atoms. The third kappa shape index (κ3) is 1.77. The number of ketones is 1. The summed E-state index contributed by atoms with van der Waals surface area (Å²) in [5.74, 6) is -1.07. The molecule has 1 N–H and O–H groups in total. The maximum Gasteiger partial charge on any atom is 0.353 e. The summed E-state index contributed by atoms with van der Waals surface area (Å²) in [7, 11) is 0. The monoisotopic (exact) mass is 268 g/mol. The van der Waals surface area contributed by atoms with Crippen molar-refractivity contribution in [3.63, 3.8) is 0 Å². The Hall–Kier alpha value is -2.62. The summed E-state index contributed by atoms with van der Waals surface area (Å²) in [4.78, 5) is 24.0. The zero-order valence-corrected chi connectivity index (χ0v) is 10.6. The molecule has 0 saturated carbocycles. The largest absolute Gasteiger partial charge is 0.478 e. The molecule has 4 nitrogen and oxygen atoms in total. The van der Waals surface area contributed by atoms with Gasteiger partial charge in [0.2, 0.25) is 5.60 Å². The van der Waals surface area contributed by atoms with Crippen molar-refractivity contribution in [2.24, 2.45) is 0 Å². The van der Waals surface area contributed by atoms with E-state index in [-0.39, 0.29) is 12.2 Å². The molecule has 0 aromatic heterocycles. The molecule has 1 atom stereocenters. The number of benzene rings is 2. The van der Waals surface area contributed by atoms with Crippen LogP contribution in [-0.4, -0.2) is 16.9 Å². The van der Waals surface area contributed by atoms with Crippen LogP contribution in [-0.2, 0) is 10.4 Å². The van der Waals surface area contributed by atoms with E-state index in [0.717, 1.165) is 0 Å². The van der Waals surface area contributed by atoms with Crippen LogP contribution in [0.5, 0.6) is 5.75 Å². The fourth-order valence-corrected chi connectivity index (χ4v) is 2.44. The average Bonchev–Trinajstić information content (AvgIpc) is 2.48. The lowest BCUT2D eigenvalue weighted by atomic mass is 9.84. The van der Waals surface area contributed by atoms with E-state index in [9.17, 15) is 14.7 Å². The fraction of sp³-hybridized carbons (Fsp3) is 0.125. The van der Waals surface area contributed by atoms with Gasteiger partial charge in [0, 0.05) is 5.56 Å². The lowest BCUT2D eigenvalue weighted by Crippen LogP contribution is -2.46. The molecule has 0 bridgehead atoms. The summed E-state index contributed by atoms with van der Waals surface area (Å²) in [6.07, 6.45) is -0.205. The number of para-hydroxylation sites is 1. The maximum atomic E-state index is 12.2. The Bertz CT molecular complexity index is 678. The third-order valence-corrected chi connectivity index (χ3v) is 3.47. The highest BCUT2D eigenvalue weighted by Gasteiger charge is 2.48. The zero-order valence-electron chi connectivity index (χ0n) is 10.6. The number of ether oxygens (including phenoxy) is 1. The van der Waals surface area contributed by atoms with E-state index in [1.807, 2.05) is 0 Å². The molecule has 0 aliphatic carbocycles. The number of aliphatic carboxylic acids is 1. The summed E-state index contributed by atoms with van der Waals surface area (Å²) in [5, 5.41) is 9.61. The van der Waals surface area contributed by atoms with Crippen molar-refractivity contribution in [1.82, 2.24) is 0 Å². The van der Waals surface area contributed by atoms with Crippen molar-refractivity contribution in [2.75, 3.05) is 0 Å². The Morgan fingerprint density at radius 2 is 1.70 bits per heavy atom. The van der Waals surface area contributed by atoms with Crippen molar-refractivity contribution in [2.45, 2.75) is 12.0 Å². The van der Waals surface area contributed by atoms with Gasteiger partial charge in [-0.05, 0) is 12.1 Å². The molecule has 0 spiro atoms. The van der Waals surface area contributed by atoms with Crippen LogP contribution in [0.1, 0.15) is 22.3 Å². The number of carbonyl (C=O) groups is 2. The maximum absolute atomic E-state index is 12.2. The van der Waals surface area contributed by atoms with Crippen LogP contribution >= 0.6 is 0 Å². The topological polar surface area (TPSA) is 63.6 Å². The molecule has 1 aliphatic heterocycles. The molecule has 1 heterocycles. The Morgan fingerprint density at radius 3 is 2.40 bits per heavy atom. The van der Waals surface area contributed by atoms with Gasteiger partial charge >= 0.3 is 5.97 Å². The molecule has 3 rings (SSSR count). The predicted molar refractivity (Wildman–Crippen MR) is 71.8 cm³/mol. The first-order valence-corrected chi connectivity index (χ1v) is 6.24. The molecule has 1 aliphatic rings. The van der Waals surface area contributed by atoms with Crippen LogP contribution in [0.2, 0.25) is 0 Å². The van der Waals surface area contributed by atoms with E-state index < -0.39 is 11.6 Å². The first-order chi connectivity index (χ1) is 9.63. The van der Waals surface area contributed by atoms with E-state index in [2.05, 4.69) is 0 Å². The molecule has 4 heteroatoms. The van der Waals surface area contributed by atoms with E-state index in [4.69, 9.17) is 4.74 Å². The SMILES string of the molecule is O=C1CC(C(=O)O)(c2ccccc2)Oc2ccccc21. The Morgan fingerprint density at radius 1 is 1.05 bits per heavy atom. The summed E-state index contributed by atoms with van der Waals surface area (Å²) < 4.78 is 5.72. The Labute approximate surface area is 115 Å². The second-order valence-corrected chi connectivity index (χ2v) is 4.70. The second-order valence-electron chi connectivity index (χ2n) is 4.70. The van der Waals surface area contributed by atoms with Crippen molar-refractivity contribution in [3.05, 3.63) is 65.7 Å². The summed E-state index contributed by atoms with van der Waals surface area (Å²) in [6, 6.07) is 15.3.